The Labute approximate surface area is 136 Å². The summed E-state index contributed by atoms with van der Waals surface area (Å²) in [6, 6.07) is 7.51. The molecule has 1 aromatic rings. The number of ether oxygens (including phenoxy) is 1. The Bertz CT molecular complexity index is 507. The number of hydrogen-bond donors (Lipinski definition) is 2. The lowest BCUT2D eigenvalue weighted by Crippen LogP contribution is -2.49. The van der Waals surface area contributed by atoms with Crippen molar-refractivity contribution in [1.82, 2.24) is 5.32 Å². The number of rotatable bonds is 6. The Hall–Kier alpha value is -1.10. The van der Waals surface area contributed by atoms with Crippen LogP contribution in [0.1, 0.15) is 38.2 Å². The number of halogens is 1. The molecule has 0 aliphatic heterocycles. The molecule has 0 spiro atoms. The number of methoxy groups -OCH3 is 1. The van der Waals surface area contributed by atoms with Gasteiger partial charge in [0, 0.05) is 18.7 Å². The summed E-state index contributed by atoms with van der Waals surface area (Å²) in [5, 5.41) is 13.7. The molecule has 0 aromatic heterocycles. The summed E-state index contributed by atoms with van der Waals surface area (Å²) in [5.41, 5.74) is -0.573. The topological polar surface area (TPSA) is 58.6 Å². The fraction of sp³-hybridized carbons (Fsp3) is 0.588. The standard InChI is InChI=1S/C17H24ClNO3/c1-16(21,12-22-2)11-19-15(20)17(9-3-4-10-17)13-5-7-14(18)8-6-13/h5-8,21H,3-4,9-12H2,1-2H3,(H,19,20)/t16-/m0/s1. The summed E-state index contributed by atoms with van der Waals surface area (Å²) in [6.07, 6.45) is 3.72. The molecule has 1 atom stereocenters. The zero-order valence-electron chi connectivity index (χ0n) is 13.2. The van der Waals surface area contributed by atoms with Gasteiger partial charge in [0.1, 0.15) is 5.60 Å². The van der Waals surface area contributed by atoms with Crippen LogP contribution in [-0.4, -0.2) is 36.9 Å². The van der Waals surface area contributed by atoms with Gasteiger partial charge in [-0.3, -0.25) is 4.79 Å². The van der Waals surface area contributed by atoms with Gasteiger partial charge in [-0.05, 0) is 37.5 Å². The van der Waals surface area contributed by atoms with Gasteiger partial charge in [-0.15, -0.1) is 0 Å². The van der Waals surface area contributed by atoms with E-state index in [0.29, 0.717) is 5.02 Å². The Morgan fingerprint density at radius 2 is 1.95 bits per heavy atom. The summed E-state index contributed by atoms with van der Waals surface area (Å²) < 4.78 is 4.97. The number of hydrogen-bond acceptors (Lipinski definition) is 3. The fourth-order valence-corrected chi connectivity index (χ4v) is 3.32. The van der Waals surface area contributed by atoms with E-state index < -0.39 is 11.0 Å². The lowest BCUT2D eigenvalue weighted by atomic mass is 9.78. The molecule has 0 unspecified atom stereocenters. The SMILES string of the molecule is COC[C@@](C)(O)CNC(=O)C1(c2ccc(Cl)cc2)CCCC1. The minimum absolute atomic E-state index is 0.0244. The fourth-order valence-electron chi connectivity index (χ4n) is 3.20. The van der Waals surface area contributed by atoms with Gasteiger partial charge in [0.2, 0.25) is 5.91 Å². The first-order chi connectivity index (χ1) is 10.4. The molecule has 1 aliphatic carbocycles. The number of amides is 1. The molecule has 22 heavy (non-hydrogen) atoms. The molecule has 0 bridgehead atoms. The summed E-state index contributed by atoms with van der Waals surface area (Å²) in [4.78, 5) is 12.8. The maximum atomic E-state index is 12.8. The molecule has 1 fully saturated rings. The second-order valence-corrected chi connectivity index (χ2v) is 6.85. The van der Waals surface area contributed by atoms with Crippen molar-refractivity contribution in [3.05, 3.63) is 34.9 Å². The highest BCUT2D eigenvalue weighted by Gasteiger charge is 2.43. The van der Waals surface area contributed by atoms with E-state index >= 15 is 0 Å². The minimum Gasteiger partial charge on any atom is -0.386 e. The van der Waals surface area contributed by atoms with Crippen LogP contribution in [0.5, 0.6) is 0 Å². The molecular formula is C17H24ClNO3. The smallest absolute Gasteiger partial charge is 0.230 e. The van der Waals surface area contributed by atoms with Crippen molar-refractivity contribution in [1.29, 1.82) is 0 Å². The van der Waals surface area contributed by atoms with E-state index in [1.165, 1.54) is 7.11 Å². The van der Waals surface area contributed by atoms with Crippen LogP contribution < -0.4 is 5.32 Å². The molecule has 0 radical (unpaired) electrons. The van der Waals surface area contributed by atoms with Crippen molar-refractivity contribution in [3.63, 3.8) is 0 Å². The van der Waals surface area contributed by atoms with Gasteiger partial charge >= 0.3 is 0 Å². The van der Waals surface area contributed by atoms with Crippen LogP contribution in [-0.2, 0) is 14.9 Å². The van der Waals surface area contributed by atoms with E-state index in [1.807, 2.05) is 24.3 Å². The van der Waals surface area contributed by atoms with Crippen LogP contribution in [0.25, 0.3) is 0 Å². The van der Waals surface area contributed by atoms with Crippen molar-refractivity contribution < 1.29 is 14.6 Å². The highest BCUT2D eigenvalue weighted by molar-refractivity contribution is 6.30. The number of benzene rings is 1. The van der Waals surface area contributed by atoms with Crippen LogP contribution in [0, 0.1) is 0 Å². The number of carbonyl (C=O) groups excluding carboxylic acids is 1. The molecular weight excluding hydrogens is 302 g/mol. The first-order valence-electron chi connectivity index (χ1n) is 7.65. The predicted octanol–water partition coefficient (Wildman–Crippen LogP) is 2.67. The number of aliphatic hydroxyl groups is 1. The molecule has 4 nitrogen and oxygen atoms in total. The second kappa shape index (κ2) is 6.99. The van der Waals surface area contributed by atoms with E-state index in [2.05, 4.69) is 5.32 Å². The van der Waals surface area contributed by atoms with Crippen molar-refractivity contribution in [2.24, 2.45) is 0 Å². The van der Waals surface area contributed by atoms with Crippen LogP contribution >= 0.6 is 11.6 Å². The zero-order chi connectivity index (χ0) is 16.2. The zero-order valence-corrected chi connectivity index (χ0v) is 13.9. The van der Waals surface area contributed by atoms with Crippen LogP contribution in [0.4, 0.5) is 0 Å². The molecule has 122 valence electrons. The molecule has 0 saturated heterocycles. The van der Waals surface area contributed by atoms with E-state index in [1.54, 1.807) is 6.92 Å². The molecule has 2 rings (SSSR count). The van der Waals surface area contributed by atoms with Crippen LogP contribution in [0.2, 0.25) is 5.02 Å². The minimum atomic E-state index is -1.07. The molecule has 1 saturated carbocycles. The van der Waals surface area contributed by atoms with Gasteiger partial charge in [0.15, 0.2) is 0 Å². The largest absolute Gasteiger partial charge is 0.386 e. The van der Waals surface area contributed by atoms with Crippen molar-refractivity contribution in [2.75, 3.05) is 20.3 Å². The Kier molecular flexibility index (Phi) is 5.48. The summed E-state index contributed by atoms with van der Waals surface area (Å²) in [5.74, 6) is -0.0244. The molecule has 1 amide bonds. The molecule has 5 heteroatoms. The predicted molar refractivity (Wildman–Crippen MR) is 87.1 cm³/mol. The van der Waals surface area contributed by atoms with Crippen molar-refractivity contribution in [2.45, 2.75) is 43.6 Å². The van der Waals surface area contributed by atoms with Crippen molar-refractivity contribution in [3.8, 4) is 0 Å². The maximum Gasteiger partial charge on any atom is 0.230 e. The second-order valence-electron chi connectivity index (χ2n) is 6.41. The van der Waals surface area contributed by atoms with Crippen LogP contribution in [0.15, 0.2) is 24.3 Å². The normalized spacial score (nSPS) is 19.6. The van der Waals surface area contributed by atoms with Crippen molar-refractivity contribution >= 4 is 17.5 Å². The van der Waals surface area contributed by atoms with Gasteiger partial charge in [-0.25, -0.2) is 0 Å². The van der Waals surface area contributed by atoms with Gasteiger partial charge in [0.25, 0.3) is 0 Å². The van der Waals surface area contributed by atoms with Gasteiger partial charge in [-0.2, -0.15) is 0 Å². The van der Waals surface area contributed by atoms with Crippen LogP contribution in [0.3, 0.4) is 0 Å². The Balaban J connectivity index is 2.14. The third-order valence-corrected chi connectivity index (χ3v) is 4.63. The first kappa shape index (κ1) is 17.3. The lowest BCUT2D eigenvalue weighted by molar-refractivity contribution is -0.128. The quantitative estimate of drug-likeness (QED) is 0.845. The summed E-state index contributed by atoms with van der Waals surface area (Å²) in [7, 11) is 1.53. The van der Waals surface area contributed by atoms with Gasteiger partial charge in [0.05, 0.1) is 12.0 Å². The third-order valence-electron chi connectivity index (χ3n) is 4.37. The Morgan fingerprint density at radius 1 is 1.36 bits per heavy atom. The molecule has 1 aromatic carbocycles. The van der Waals surface area contributed by atoms with Gasteiger partial charge < -0.3 is 15.2 Å². The summed E-state index contributed by atoms with van der Waals surface area (Å²) >= 11 is 5.95. The highest BCUT2D eigenvalue weighted by Crippen LogP contribution is 2.41. The first-order valence-corrected chi connectivity index (χ1v) is 8.03. The van der Waals surface area contributed by atoms with E-state index in [9.17, 15) is 9.90 Å². The van der Waals surface area contributed by atoms with E-state index in [0.717, 1.165) is 31.2 Å². The molecule has 0 heterocycles. The summed E-state index contributed by atoms with van der Waals surface area (Å²) in [6.45, 7) is 2.01. The monoisotopic (exact) mass is 325 g/mol. The number of carbonyl (C=O) groups is 1. The highest BCUT2D eigenvalue weighted by atomic mass is 35.5. The van der Waals surface area contributed by atoms with Gasteiger partial charge in [-0.1, -0.05) is 36.6 Å². The lowest BCUT2D eigenvalue weighted by Gasteiger charge is -2.31. The average molecular weight is 326 g/mol. The van der Waals surface area contributed by atoms with E-state index in [-0.39, 0.29) is 19.1 Å². The Morgan fingerprint density at radius 3 is 2.50 bits per heavy atom. The average Bonchev–Trinajstić information content (AvgIpc) is 2.96. The molecule has 2 N–H and O–H groups in total. The molecule has 1 aliphatic rings. The van der Waals surface area contributed by atoms with E-state index in [4.69, 9.17) is 16.3 Å². The maximum absolute atomic E-state index is 12.8. The number of nitrogens with one attached hydrogen (secondary N) is 1. The third kappa shape index (κ3) is 3.80.